The molecule has 27 heavy (non-hydrogen) atoms. The fourth-order valence-electron chi connectivity index (χ4n) is 3.29. The fraction of sp³-hybridized carbons (Fsp3) is 0.400. The number of carbonyl (C=O) groups excluding carboxylic acids is 1. The molecule has 142 valence electrons. The number of hydrogen-bond acceptors (Lipinski definition) is 5. The van der Waals surface area contributed by atoms with Crippen LogP contribution in [0.15, 0.2) is 29.2 Å². The van der Waals surface area contributed by atoms with Gasteiger partial charge in [-0.25, -0.2) is 8.42 Å². The van der Waals surface area contributed by atoms with Gasteiger partial charge in [-0.15, -0.1) is 11.3 Å². The largest absolute Gasteiger partial charge is 0.316 e. The first kappa shape index (κ1) is 19.6. The molecule has 1 aromatic heterocycles. The number of hydrogen-bond donors (Lipinski definition) is 1. The topological polar surface area (TPSA) is 87.0 Å². The molecule has 1 amide bonds. The van der Waals surface area contributed by atoms with Crippen LogP contribution in [0.5, 0.6) is 0 Å². The molecular formula is C20H22N2O3S2. The molecule has 7 heteroatoms. The highest BCUT2D eigenvalue weighted by Crippen LogP contribution is 2.39. The number of nitrogens with zero attached hydrogens (tertiary/aromatic N) is 1. The zero-order valence-corrected chi connectivity index (χ0v) is 17.0. The molecule has 1 N–H and O–H groups in total. The standard InChI is InChI=1S/C20H22N2O3S2/c1-3-27(24,25)15-7-5-14(6-8-15)11-19(23)22-20-17(12-21)16-9-4-13(2)10-18(16)26-20/h5-8,13H,3-4,9-11H2,1-2H3,(H,22,23)/t13-/m0/s1. The van der Waals surface area contributed by atoms with Crippen LogP contribution in [-0.2, 0) is 33.9 Å². The average molecular weight is 403 g/mol. The number of anilines is 1. The van der Waals surface area contributed by atoms with Crippen molar-refractivity contribution in [2.24, 2.45) is 5.92 Å². The molecule has 1 aliphatic rings. The average Bonchev–Trinajstić information content (AvgIpc) is 2.97. The summed E-state index contributed by atoms with van der Waals surface area (Å²) in [6, 6.07) is 8.64. The van der Waals surface area contributed by atoms with Crippen molar-refractivity contribution in [1.82, 2.24) is 0 Å². The maximum absolute atomic E-state index is 12.4. The monoisotopic (exact) mass is 402 g/mol. The lowest BCUT2D eigenvalue weighted by Crippen LogP contribution is -2.14. The van der Waals surface area contributed by atoms with Gasteiger partial charge in [0, 0.05) is 4.88 Å². The van der Waals surface area contributed by atoms with Gasteiger partial charge in [-0.2, -0.15) is 5.26 Å². The van der Waals surface area contributed by atoms with Crippen molar-refractivity contribution in [3.8, 4) is 6.07 Å². The highest BCUT2D eigenvalue weighted by molar-refractivity contribution is 7.91. The Morgan fingerprint density at radius 2 is 2.04 bits per heavy atom. The molecule has 0 spiro atoms. The molecule has 0 aliphatic heterocycles. The molecule has 0 radical (unpaired) electrons. The van der Waals surface area contributed by atoms with Gasteiger partial charge in [-0.3, -0.25) is 4.79 Å². The van der Waals surface area contributed by atoms with Crippen molar-refractivity contribution >= 4 is 32.1 Å². The minimum atomic E-state index is -3.24. The van der Waals surface area contributed by atoms with Crippen LogP contribution < -0.4 is 5.32 Å². The van der Waals surface area contributed by atoms with Gasteiger partial charge in [0.2, 0.25) is 5.91 Å². The van der Waals surface area contributed by atoms with Gasteiger partial charge < -0.3 is 5.32 Å². The van der Waals surface area contributed by atoms with Crippen LogP contribution in [0, 0.1) is 17.2 Å². The Morgan fingerprint density at radius 3 is 2.67 bits per heavy atom. The van der Waals surface area contributed by atoms with Crippen LogP contribution in [0.1, 0.15) is 41.8 Å². The zero-order chi connectivity index (χ0) is 19.6. The van der Waals surface area contributed by atoms with E-state index < -0.39 is 9.84 Å². The van der Waals surface area contributed by atoms with Crippen LogP contribution in [0.3, 0.4) is 0 Å². The molecule has 1 aliphatic carbocycles. The summed E-state index contributed by atoms with van der Waals surface area (Å²) in [6.07, 6.45) is 3.05. The van der Waals surface area contributed by atoms with Gasteiger partial charge in [0.05, 0.1) is 22.6 Å². The normalized spacial score (nSPS) is 16.4. The van der Waals surface area contributed by atoms with E-state index in [2.05, 4.69) is 18.3 Å². The molecule has 1 atom stereocenters. The smallest absolute Gasteiger partial charge is 0.229 e. The number of rotatable bonds is 5. The molecule has 0 bridgehead atoms. The number of benzene rings is 1. The van der Waals surface area contributed by atoms with Crippen LogP contribution >= 0.6 is 11.3 Å². The first-order valence-electron chi connectivity index (χ1n) is 9.00. The van der Waals surface area contributed by atoms with Gasteiger partial charge in [0.1, 0.15) is 11.1 Å². The number of sulfone groups is 1. The van der Waals surface area contributed by atoms with E-state index in [1.807, 2.05) is 0 Å². The van der Waals surface area contributed by atoms with E-state index in [0.29, 0.717) is 16.5 Å². The van der Waals surface area contributed by atoms with Crippen molar-refractivity contribution in [2.45, 2.75) is 44.4 Å². The molecule has 2 aromatic rings. The second-order valence-electron chi connectivity index (χ2n) is 6.94. The van der Waals surface area contributed by atoms with Gasteiger partial charge in [-0.05, 0) is 48.4 Å². The fourth-order valence-corrected chi connectivity index (χ4v) is 5.56. The predicted octanol–water partition coefficient (Wildman–Crippen LogP) is 3.72. The van der Waals surface area contributed by atoms with E-state index in [1.54, 1.807) is 19.1 Å². The molecule has 0 fully saturated rings. The quantitative estimate of drug-likeness (QED) is 0.826. The van der Waals surface area contributed by atoms with E-state index >= 15 is 0 Å². The van der Waals surface area contributed by atoms with E-state index in [-0.39, 0.29) is 23.0 Å². The lowest BCUT2D eigenvalue weighted by molar-refractivity contribution is -0.115. The molecule has 1 aromatic carbocycles. The summed E-state index contributed by atoms with van der Waals surface area (Å²) in [5.41, 5.74) is 2.42. The van der Waals surface area contributed by atoms with Crippen LogP contribution in [0.2, 0.25) is 0 Å². The van der Waals surface area contributed by atoms with Gasteiger partial charge in [0.15, 0.2) is 9.84 Å². The van der Waals surface area contributed by atoms with Crippen molar-refractivity contribution < 1.29 is 13.2 Å². The Labute approximate surface area is 164 Å². The first-order chi connectivity index (χ1) is 12.8. The number of amides is 1. The summed E-state index contributed by atoms with van der Waals surface area (Å²) in [4.78, 5) is 13.9. The lowest BCUT2D eigenvalue weighted by atomic mass is 9.88. The van der Waals surface area contributed by atoms with E-state index in [4.69, 9.17) is 0 Å². The Bertz CT molecular complexity index is 999. The molecule has 0 saturated heterocycles. The third kappa shape index (κ3) is 4.23. The number of fused-ring (bicyclic) bond motifs is 1. The Morgan fingerprint density at radius 1 is 1.33 bits per heavy atom. The number of thiophene rings is 1. The third-order valence-corrected chi connectivity index (χ3v) is 7.82. The van der Waals surface area contributed by atoms with Gasteiger partial charge in [0.25, 0.3) is 0 Å². The minimum Gasteiger partial charge on any atom is -0.316 e. The van der Waals surface area contributed by atoms with Crippen LogP contribution in [0.25, 0.3) is 0 Å². The molecule has 0 saturated carbocycles. The molecular weight excluding hydrogens is 380 g/mol. The predicted molar refractivity (Wildman–Crippen MR) is 107 cm³/mol. The maximum atomic E-state index is 12.4. The number of nitriles is 1. The lowest BCUT2D eigenvalue weighted by Gasteiger charge is -2.17. The van der Waals surface area contributed by atoms with Crippen LogP contribution in [-0.4, -0.2) is 20.1 Å². The zero-order valence-electron chi connectivity index (χ0n) is 15.4. The Kier molecular flexibility index (Phi) is 5.68. The Balaban J connectivity index is 1.73. The highest BCUT2D eigenvalue weighted by atomic mass is 32.2. The third-order valence-electron chi connectivity index (χ3n) is 4.90. The summed E-state index contributed by atoms with van der Waals surface area (Å²) in [5.74, 6) is 0.444. The minimum absolute atomic E-state index is 0.0471. The van der Waals surface area contributed by atoms with E-state index in [9.17, 15) is 18.5 Å². The summed E-state index contributed by atoms with van der Waals surface area (Å²) < 4.78 is 23.7. The first-order valence-corrected chi connectivity index (χ1v) is 11.5. The van der Waals surface area contributed by atoms with Gasteiger partial charge >= 0.3 is 0 Å². The highest BCUT2D eigenvalue weighted by Gasteiger charge is 2.24. The van der Waals surface area contributed by atoms with E-state index in [0.717, 1.165) is 30.4 Å². The molecule has 3 rings (SSSR count). The van der Waals surface area contributed by atoms with Crippen molar-refractivity contribution in [3.63, 3.8) is 0 Å². The van der Waals surface area contributed by atoms with Crippen molar-refractivity contribution in [1.29, 1.82) is 5.26 Å². The van der Waals surface area contributed by atoms with Crippen LogP contribution in [0.4, 0.5) is 5.00 Å². The summed E-state index contributed by atoms with van der Waals surface area (Å²) in [6.45, 7) is 3.81. The second-order valence-corrected chi connectivity index (χ2v) is 10.3. The summed E-state index contributed by atoms with van der Waals surface area (Å²) >= 11 is 1.50. The number of carbonyl (C=O) groups is 1. The molecule has 5 nitrogen and oxygen atoms in total. The van der Waals surface area contributed by atoms with Gasteiger partial charge in [-0.1, -0.05) is 26.0 Å². The van der Waals surface area contributed by atoms with Crippen molar-refractivity contribution in [2.75, 3.05) is 11.1 Å². The summed E-state index contributed by atoms with van der Waals surface area (Å²) in [7, 11) is -3.24. The Hall–Kier alpha value is -2.17. The maximum Gasteiger partial charge on any atom is 0.229 e. The number of nitrogens with one attached hydrogen (secondary N) is 1. The summed E-state index contributed by atoms with van der Waals surface area (Å²) in [5, 5.41) is 13.0. The second kappa shape index (κ2) is 7.83. The molecule has 1 heterocycles. The SMILES string of the molecule is CCS(=O)(=O)c1ccc(CC(=O)Nc2sc3c(c2C#N)CC[C@H](C)C3)cc1. The molecule has 0 unspecified atom stereocenters. The van der Waals surface area contributed by atoms with E-state index in [1.165, 1.54) is 28.3 Å². The van der Waals surface area contributed by atoms with Crippen molar-refractivity contribution in [3.05, 3.63) is 45.8 Å².